The van der Waals surface area contributed by atoms with Crippen molar-refractivity contribution >= 4 is 10.9 Å². The lowest BCUT2D eigenvalue weighted by atomic mass is 9.87. The van der Waals surface area contributed by atoms with Crippen LogP contribution in [0.25, 0.3) is 10.9 Å². The number of hydrogen-bond donors (Lipinski definition) is 1. The molecule has 19 heavy (non-hydrogen) atoms. The number of hydrogen-bond acceptors (Lipinski definition) is 2. The van der Waals surface area contributed by atoms with Crippen LogP contribution in [-0.2, 0) is 6.42 Å². The predicted molar refractivity (Wildman–Crippen MR) is 80.3 cm³/mol. The van der Waals surface area contributed by atoms with E-state index in [0.29, 0.717) is 6.04 Å². The van der Waals surface area contributed by atoms with Crippen molar-refractivity contribution in [2.45, 2.75) is 38.6 Å². The quantitative estimate of drug-likeness (QED) is 0.906. The molecular weight excluding hydrogens is 232 g/mol. The molecule has 2 aromatic rings. The van der Waals surface area contributed by atoms with Gasteiger partial charge in [-0.1, -0.05) is 31.5 Å². The van der Waals surface area contributed by atoms with Gasteiger partial charge >= 0.3 is 0 Å². The minimum Gasteiger partial charge on any atom is -0.314 e. The fraction of sp³-hybridized carbons (Fsp3) is 0.471. The van der Waals surface area contributed by atoms with Crippen molar-refractivity contribution in [3.63, 3.8) is 0 Å². The maximum absolute atomic E-state index is 4.45. The number of nitrogens with one attached hydrogen (secondary N) is 1. The van der Waals surface area contributed by atoms with Crippen molar-refractivity contribution < 1.29 is 0 Å². The molecular formula is C17H22N2. The summed E-state index contributed by atoms with van der Waals surface area (Å²) in [7, 11) is 0. The van der Waals surface area contributed by atoms with Gasteiger partial charge in [-0.2, -0.15) is 0 Å². The molecule has 0 radical (unpaired) electrons. The zero-order valence-corrected chi connectivity index (χ0v) is 11.6. The lowest BCUT2D eigenvalue weighted by Gasteiger charge is -2.30. The number of piperidine rings is 1. The van der Waals surface area contributed by atoms with Crippen LogP contribution in [0.3, 0.4) is 0 Å². The van der Waals surface area contributed by atoms with E-state index in [1.807, 2.05) is 6.20 Å². The maximum Gasteiger partial charge on any atom is 0.0704 e. The Bertz CT molecular complexity index is 544. The van der Waals surface area contributed by atoms with Crippen LogP contribution in [0.5, 0.6) is 0 Å². The monoisotopic (exact) mass is 254 g/mol. The number of nitrogens with zero attached hydrogens (tertiary/aromatic N) is 1. The fourth-order valence-electron chi connectivity index (χ4n) is 3.22. The summed E-state index contributed by atoms with van der Waals surface area (Å²) in [5, 5.41) is 4.99. The molecule has 0 bridgehead atoms. The maximum atomic E-state index is 4.45. The van der Waals surface area contributed by atoms with E-state index < -0.39 is 0 Å². The summed E-state index contributed by atoms with van der Waals surface area (Å²) >= 11 is 0. The Morgan fingerprint density at radius 2 is 2.16 bits per heavy atom. The summed E-state index contributed by atoms with van der Waals surface area (Å²) < 4.78 is 0. The molecule has 100 valence electrons. The van der Waals surface area contributed by atoms with E-state index in [0.717, 1.165) is 17.9 Å². The topological polar surface area (TPSA) is 24.9 Å². The molecule has 1 aliphatic rings. The molecule has 1 saturated heterocycles. The summed E-state index contributed by atoms with van der Waals surface area (Å²) in [6.45, 7) is 3.49. The molecule has 0 amide bonds. The molecule has 1 N–H and O–H groups in total. The largest absolute Gasteiger partial charge is 0.314 e. The molecule has 0 saturated carbocycles. The van der Waals surface area contributed by atoms with Crippen LogP contribution >= 0.6 is 0 Å². The van der Waals surface area contributed by atoms with Gasteiger partial charge in [0, 0.05) is 17.6 Å². The highest BCUT2D eigenvalue weighted by molar-refractivity contribution is 5.81. The van der Waals surface area contributed by atoms with Gasteiger partial charge in [0.25, 0.3) is 0 Å². The molecule has 3 rings (SSSR count). The van der Waals surface area contributed by atoms with Crippen molar-refractivity contribution in [3.8, 4) is 0 Å². The third-order valence-electron chi connectivity index (χ3n) is 4.39. The van der Waals surface area contributed by atoms with Crippen molar-refractivity contribution in [1.29, 1.82) is 0 Å². The van der Waals surface area contributed by atoms with Gasteiger partial charge in [0.05, 0.1) is 5.52 Å². The highest BCUT2D eigenvalue weighted by Gasteiger charge is 2.20. The van der Waals surface area contributed by atoms with E-state index in [1.165, 1.54) is 36.8 Å². The van der Waals surface area contributed by atoms with E-state index in [1.54, 1.807) is 0 Å². The second-order valence-corrected chi connectivity index (χ2v) is 5.64. The normalized spacial score (nSPS) is 23.6. The summed E-state index contributed by atoms with van der Waals surface area (Å²) in [4.78, 5) is 4.45. The van der Waals surface area contributed by atoms with Crippen LogP contribution in [0.1, 0.15) is 31.7 Å². The molecule has 1 fully saturated rings. The number of benzene rings is 1. The first-order valence-corrected chi connectivity index (χ1v) is 7.43. The van der Waals surface area contributed by atoms with Crippen molar-refractivity contribution in [1.82, 2.24) is 10.3 Å². The molecule has 0 spiro atoms. The van der Waals surface area contributed by atoms with E-state index in [4.69, 9.17) is 0 Å². The first-order valence-electron chi connectivity index (χ1n) is 7.43. The molecule has 1 aromatic heterocycles. The lowest BCUT2D eigenvalue weighted by Crippen LogP contribution is -2.39. The van der Waals surface area contributed by atoms with Crippen molar-refractivity contribution in [3.05, 3.63) is 42.1 Å². The Morgan fingerprint density at radius 1 is 1.26 bits per heavy atom. The SMILES string of the molecule is CCC1CCNC(Cc2ccnc3ccccc23)C1. The van der Waals surface area contributed by atoms with Crippen molar-refractivity contribution in [2.75, 3.05) is 6.54 Å². The minimum atomic E-state index is 0.629. The highest BCUT2D eigenvalue weighted by atomic mass is 14.9. The number of rotatable bonds is 3. The van der Waals surface area contributed by atoms with Gasteiger partial charge < -0.3 is 5.32 Å². The highest BCUT2D eigenvalue weighted by Crippen LogP contribution is 2.24. The number of fused-ring (bicyclic) bond motifs is 1. The first kappa shape index (κ1) is 12.6. The van der Waals surface area contributed by atoms with Gasteiger partial charge in [-0.25, -0.2) is 0 Å². The van der Waals surface area contributed by atoms with Gasteiger partial charge in [0.1, 0.15) is 0 Å². The second kappa shape index (κ2) is 5.70. The van der Waals surface area contributed by atoms with E-state index >= 15 is 0 Å². The average molecular weight is 254 g/mol. The lowest BCUT2D eigenvalue weighted by molar-refractivity contribution is 0.294. The van der Waals surface area contributed by atoms with Gasteiger partial charge in [0.15, 0.2) is 0 Å². The second-order valence-electron chi connectivity index (χ2n) is 5.64. The molecule has 2 heteroatoms. The molecule has 2 nitrogen and oxygen atoms in total. The number of aromatic nitrogens is 1. The minimum absolute atomic E-state index is 0.629. The summed E-state index contributed by atoms with van der Waals surface area (Å²) in [5.41, 5.74) is 2.54. The third-order valence-corrected chi connectivity index (χ3v) is 4.39. The zero-order valence-electron chi connectivity index (χ0n) is 11.6. The summed E-state index contributed by atoms with van der Waals surface area (Å²) in [6.07, 6.45) is 7.03. The van der Waals surface area contributed by atoms with Crippen LogP contribution in [-0.4, -0.2) is 17.6 Å². The van der Waals surface area contributed by atoms with Crippen LogP contribution in [0.15, 0.2) is 36.5 Å². The van der Waals surface area contributed by atoms with Gasteiger partial charge in [-0.05, 0) is 49.4 Å². The first-order chi connectivity index (χ1) is 9.36. The zero-order chi connectivity index (χ0) is 13.1. The summed E-state index contributed by atoms with van der Waals surface area (Å²) in [6, 6.07) is 11.3. The van der Waals surface area contributed by atoms with E-state index in [2.05, 4.69) is 47.6 Å². The Kier molecular flexibility index (Phi) is 3.79. The number of para-hydroxylation sites is 1. The fourth-order valence-corrected chi connectivity index (χ4v) is 3.22. The van der Waals surface area contributed by atoms with Crippen LogP contribution in [0.4, 0.5) is 0 Å². The standard InChI is InChI=1S/C17H22N2/c1-2-13-7-9-18-15(11-13)12-14-8-10-19-17-6-4-3-5-16(14)17/h3-6,8,10,13,15,18H,2,7,9,11-12H2,1H3. The van der Waals surface area contributed by atoms with Gasteiger partial charge in [-0.15, -0.1) is 0 Å². The molecule has 2 heterocycles. The molecule has 2 unspecified atom stereocenters. The molecule has 1 aromatic carbocycles. The molecule has 1 aliphatic heterocycles. The third kappa shape index (κ3) is 2.79. The Morgan fingerprint density at radius 3 is 3.05 bits per heavy atom. The molecule has 2 atom stereocenters. The smallest absolute Gasteiger partial charge is 0.0704 e. The molecule has 0 aliphatic carbocycles. The van der Waals surface area contributed by atoms with E-state index in [9.17, 15) is 0 Å². The predicted octanol–water partition coefficient (Wildman–Crippen LogP) is 3.56. The van der Waals surface area contributed by atoms with Crippen molar-refractivity contribution in [2.24, 2.45) is 5.92 Å². The summed E-state index contributed by atoms with van der Waals surface area (Å²) in [5.74, 6) is 0.902. The Hall–Kier alpha value is -1.41. The number of pyridine rings is 1. The van der Waals surface area contributed by atoms with Crippen LogP contribution in [0.2, 0.25) is 0 Å². The average Bonchev–Trinajstić information content (AvgIpc) is 2.48. The van der Waals surface area contributed by atoms with Gasteiger partial charge in [-0.3, -0.25) is 4.98 Å². The Labute approximate surface area is 115 Å². The van der Waals surface area contributed by atoms with Crippen LogP contribution in [0, 0.1) is 5.92 Å². The van der Waals surface area contributed by atoms with Gasteiger partial charge in [0.2, 0.25) is 0 Å². The van der Waals surface area contributed by atoms with E-state index in [-0.39, 0.29) is 0 Å². The van der Waals surface area contributed by atoms with Crippen LogP contribution < -0.4 is 5.32 Å². The Balaban J connectivity index is 1.81.